The van der Waals surface area contributed by atoms with E-state index >= 15 is 0 Å². The minimum Gasteiger partial charge on any atom is -0.382 e. The summed E-state index contributed by atoms with van der Waals surface area (Å²) in [6.07, 6.45) is 2.56. The van der Waals surface area contributed by atoms with Crippen LogP contribution in [-0.2, 0) is 14.6 Å². The highest BCUT2D eigenvalue weighted by molar-refractivity contribution is 7.91. The second-order valence-electron chi connectivity index (χ2n) is 6.29. The second-order valence-corrected chi connectivity index (χ2v) is 8.39. The molecule has 1 aliphatic rings. The molecule has 1 aromatic rings. The standard InChI is InChI=1S/C16H25NO3S/c1-4-11-21(18,19)15-7-5-13(6-8-15)17-14-9-10-20-16(2,3)12-14/h5-8,14,17H,4,9-12H2,1-3H3. The van der Waals surface area contributed by atoms with Crippen LogP contribution in [0.15, 0.2) is 29.2 Å². The van der Waals surface area contributed by atoms with Crippen LogP contribution in [0.4, 0.5) is 5.69 Å². The molecular weight excluding hydrogens is 286 g/mol. The van der Waals surface area contributed by atoms with Crippen molar-refractivity contribution in [3.63, 3.8) is 0 Å². The van der Waals surface area contributed by atoms with Crippen molar-refractivity contribution in [3.8, 4) is 0 Å². The minimum absolute atomic E-state index is 0.0969. The first-order valence-electron chi connectivity index (χ1n) is 7.56. The SMILES string of the molecule is CCCS(=O)(=O)c1ccc(NC2CCOC(C)(C)C2)cc1. The molecule has 0 aromatic heterocycles. The summed E-state index contributed by atoms with van der Waals surface area (Å²) >= 11 is 0. The van der Waals surface area contributed by atoms with E-state index in [0.717, 1.165) is 25.1 Å². The molecule has 21 heavy (non-hydrogen) atoms. The molecule has 1 aromatic carbocycles. The van der Waals surface area contributed by atoms with Crippen molar-refractivity contribution in [2.24, 2.45) is 0 Å². The van der Waals surface area contributed by atoms with Crippen molar-refractivity contribution in [3.05, 3.63) is 24.3 Å². The highest BCUT2D eigenvalue weighted by Crippen LogP contribution is 2.26. The molecule has 0 bridgehead atoms. The van der Waals surface area contributed by atoms with Gasteiger partial charge in [0, 0.05) is 18.3 Å². The van der Waals surface area contributed by atoms with Crippen molar-refractivity contribution in [1.82, 2.24) is 0 Å². The number of ether oxygens (including phenoxy) is 1. The van der Waals surface area contributed by atoms with Gasteiger partial charge in [-0.15, -0.1) is 0 Å². The van der Waals surface area contributed by atoms with Gasteiger partial charge in [0.15, 0.2) is 9.84 Å². The van der Waals surface area contributed by atoms with Crippen LogP contribution < -0.4 is 5.32 Å². The lowest BCUT2D eigenvalue weighted by Gasteiger charge is -2.36. The van der Waals surface area contributed by atoms with E-state index < -0.39 is 9.84 Å². The van der Waals surface area contributed by atoms with Crippen LogP contribution in [0, 0.1) is 0 Å². The predicted molar refractivity (Wildman–Crippen MR) is 85.5 cm³/mol. The van der Waals surface area contributed by atoms with Crippen molar-refractivity contribution >= 4 is 15.5 Å². The number of hydrogen-bond donors (Lipinski definition) is 1. The van der Waals surface area contributed by atoms with Crippen LogP contribution in [0.25, 0.3) is 0 Å². The Morgan fingerprint density at radius 3 is 2.52 bits per heavy atom. The molecule has 1 aliphatic heterocycles. The normalized spacial score (nSPS) is 22.0. The summed E-state index contributed by atoms with van der Waals surface area (Å²) in [5.74, 6) is 0.202. The fraction of sp³-hybridized carbons (Fsp3) is 0.625. The van der Waals surface area contributed by atoms with Crippen molar-refractivity contribution in [1.29, 1.82) is 0 Å². The van der Waals surface area contributed by atoms with Gasteiger partial charge in [0.1, 0.15) is 0 Å². The van der Waals surface area contributed by atoms with Crippen LogP contribution in [-0.4, -0.2) is 32.4 Å². The lowest BCUT2D eigenvalue weighted by Crippen LogP contribution is -2.40. The molecule has 1 fully saturated rings. The van der Waals surface area contributed by atoms with E-state index in [4.69, 9.17) is 4.74 Å². The number of benzene rings is 1. The molecule has 0 radical (unpaired) electrons. The van der Waals surface area contributed by atoms with Crippen molar-refractivity contribution in [2.45, 2.75) is 56.6 Å². The third kappa shape index (κ3) is 4.45. The Morgan fingerprint density at radius 1 is 1.29 bits per heavy atom. The van der Waals surface area contributed by atoms with E-state index in [0.29, 0.717) is 17.4 Å². The third-order valence-corrected chi connectivity index (χ3v) is 5.69. The average Bonchev–Trinajstić information content (AvgIpc) is 2.38. The molecular formula is C16H25NO3S. The van der Waals surface area contributed by atoms with Gasteiger partial charge in [-0.05, 0) is 57.4 Å². The van der Waals surface area contributed by atoms with Gasteiger partial charge < -0.3 is 10.1 Å². The molecule has 1 saturated heterocycles. The van der Waals surface area contributed by atoms with Gasteiger partial charge in [-0.1, -0.05) is 6.92 Å². The maximum absolute atomic E-state index is 12.0. The van der Waals surface area contributed by atoms with Crippen LogP contribution >= 0.6 is 0 Å². The molecule has 2 rings (SSSR count). The molecule has 1 atom stereocenters. The van der Waals surface area contributed by atoms with Crippen LogP contribution in [0.2, 0.25) is 0 Å². The number of sulfone groups is 1. The average molecular weight is 311 g/mol. The topological polar surface area (TPSA) is 55.4 Å². The second kappa shape index (κ2) is 6.36. The molecule has 5 heteroatoms. The Labute approximate surface area is 127 Å². The third-order valence-electron chi connectivity index (χ3n) is 3.75. The van der Waals surface area contributed by atoms with E-state index in [9.17, 15) is 8.42 Å². The highest BCUT2D eigenvalue weighted by atomic mass is 32.2. The van der Waals surface area contributed by atoms with Gasteiger partial charge >= 0.3 is 0 Å². The van der Waals surface area contributed by atoms with Crippen molar-refractivity contribution in [2.75, 3.05) is 17.7 Å². The molecule has 4 nitrogen and oxygen atoms in total. The molecule has 1 unspecified atom stereocenters. The lowest BCUT2D eigenvalue weighted by molar-refractivity contribution is -0.0553. The quantitative estimate of drug-likeness (QED) is 0.907. The van der Waals surface area contributed by atoms with Gasteiger partial charge in [-0.3, -0.25) is 0 Å². The Morgan fingerprint density at radius 2 is 1.95 bits per heavy atom. The summed E-state index contributed by atoms with van der Waals surface area (Å²) in [5.41, 5.74) is 0.869. The van der Waals surface area contributed by atoms with Gasteiger partial charge in [0.25, 0.3) is 0 Å². The summed E-state index contributed by atoms with van der Waals surface area (Å²) in [6.45, 7) is 6.83. The first-order chi connectivity index (χ1) is 9.82. The smallest absolute Gasteiger partial charge is 0.178 e. The fourth-order valence-electron chi connectivity index (χ4n) is 2.74. The van der Waals surface area contributed by atoms with E-state index in [1.165, 1.54) is 0 Å². The maximum Gasteiger partial charge on any atom is 0.178 e. The monoisotopic (exact) mass is 311 g/mol. The number of nitrogens with one attached hydrogen (secondary N) is 1. The summed E-state index contributed by atoms with van der Waals surface area (Å²) in [6, 6.07) is 7.46. The summed E-state index contributed by atoms with van der Waals surface area (Å²) < 4.78 is 29.7. The zero-order valence-corrected chi connectivity index (χ0v) is 13.9. The predicted octanol–water partition coefficient (Wildman–Crippen LogP) is 3.24. The maximum atomic E-state index is 12.0. The zero-order valence-electron chi connectivity index (χ0n) is 13.1. The molecule has 0 aliphatic carbocycles. The fourth-order valence-corrected chi connectivity index (χ4v) is 4.06. The highest BCUT2D eigenvalue weighted by Gasteiger charge is 2.28. The molecule has 0 spiro atoms. The zero-order chi connectivity index (χ0) is 15.5. The van der Waals surface area contributed by atoms with E-state index in [1.807, 2.05) is 19.1 Å². The lowest BCUT2D eigenvalue weighted by atomic mass is 9.94. The van der Waals surface area contributed by atoms with E-state index in [-0.39, 0.29) is 11.4 Å². The summed E-state index contributed by atoms with van der Waals surface area (Å²) in [5, 5.41) is 3.47. The van der Waals surface area contributed by atoms with E-state index in [1.54, 1.807) is 12.1 Å². The van der Waals surface area contributed by atoms with Gasteiger partial charge in [0.2, 0.25) is 0 Å². The Hall–Kier alpha value is -1.07. The largest absolute Gasteiger partial charge is 0.382 e. The molecule has 118 valence electrons. The molecule has 1 N–H and O–H groups in total. The van der Waals surface area contributed by atoms with Crippen LogP contribution in [0.5, 0.6) is 0 Å². The molecule has 0 amide bonds. The number of rotatable bonds is 5. The summed E-state index contributed by atoms with van der Waals surface area (Å²) in [7, 11) is -3.13. The Kier molecular flexibility index (Phi) is 4.94. The molecule has 1 heterocycles. The van der Waals surface area contributed by atoms with Gasteiger partial charge in [0.05, 0.1) is 16.2 Å². The van der Waals surface area contributed by atoms with Crippen LogP contribution in [0.3, 0.4) is 0 Å². The molecule has 0 saturated carbocycles. The van der Waals surface area contributed by atoms with Crippen LogP contribution in [0.1, 0.15) is 40.0 Å². The first kappa shape index (κ1) is 16.3. The number of anilines is 1. The van der Waals surface area contributed by atoms with E-state index in [2.05, 4.69) is 19.2 Å². The number of hydrogen-bond acceptors (Lipinski definition) is 4. The Bertz CT molecular complexity index is 564. The van der Waals surface area contributed by atoms with Crippen molar-refractivity contribution < 1.29 is 13.2 Å². The summed E-state index contributed by atoms with van der Waals surface area (Å²) in [4.78, 5) is 0.405. The van der Waals surface area contributed by atoms with Gasteiger partial charge in [-0.25, -0.2) is 8.42 Å². The first-order valence-corrected chi connectivity index (χ1v) is 9.21. The Balaban J connectivity index is 2.03. The van der Waals surface area contributed by atoms with Gasteiger partial charge in [-0.2, -0.15) is 0 Å². The minimum atomic E-state index is -3.13.